The van der Waals surface area contributed by atoms with Crippen LogP contribution in [0.25, 0.3) is 0 Å². The van der Waals surface area contributed by atoms with E-state index in [2.05, 4.69) is 45.7 Å². The van der Waals surface area contributed by atoms with Gasteiger partial charge in [0.15, 0.2) is 0 Å². The maximum Gasteiger partial charge on any atom is 0.0357 e. The molecule has 0 radical (unpaired) electrons. The van der Waals surface area contributed by atoms with Crippen molar-refractivity contribution in [3.8, 4) is 0 Å². The highest BCUT2D eigenvalue weighted by Crippen LogP contribution is 2.02. The van der Waals surface area contributed by atoms with E-state index in [4.69, 9.17) is 0 Å². The molecule has 0 heterocycles. The lowest BCUT2D eigenvalue weighted by Gasteiger charge is -1.93. The summed E-state index contributed by atoms with van der Waals surface area (Å²) >= 11 is 0. The topological polar surface area (TPSA) is 12.4 Å². The van der Waals surface area contributed by atoms with Gasteiger partial charge in [-0.2, -0.15) is 0 Å². The number of hydrogen-bond donors (Lipinski definition) is 0. The first-order valence-corrected chi connectivity index (χ1v) is 7.48. The predicted molar refractivity (Wildman–Crippen MR) is 81.9 cm³/mol. The Kier molecular flexibility index (Phi) is 19.6. The van der Waals surface area contributed by atoms with Gasteiger partial charge in [-0.1, -0.05) is 72.8 Å². The predicted octanol–water partition coefficient (Wildman–Crippen LogP) is 6.15. The second kappa shape index (κ2) is 17.8. The van der Waals surface area contributed by atoms with Gasteiger partial charge in [-0.05, 0) is 19.3 Å². The number of aliphatic imine (C=N–C) groups is 1. The Morgan fingerprint density at radius 3 is 1.76 bits per heavy atom. The Bertz CT molecular complexity index is 176. The Morgan fingerprint density at radius 1 is 0.824 bits per heavy atom. The lowest BCUT2D eigenvalue weighted by molar-refractivity contribution is 0.656. The first-order chi connectivity index (χ1) is 8.26. The molecule has 1 nitrogen and oxygen atoms in total. The first kappa shape index (κ1) is 18.8. The van der Waals surface area contributed by atoms with Gasteiger partial charge in [0.05, 0.1) is 0 Å². The van der Waals surface area contributed by atoms with E-state index in [1.54, 1.807) is 0 Å². The van der Waals surface area contributed by atoms with Gasteiger partial charge < -0.3 is 0 Å². The van der Waals surface area contributed by atoms with E-state index in [0.717, 1.165) is 19.3 Å². The van der Waals surface area contributed by atoms with Crippen molar-refractivity contribution in [3.05, 3.63) is 11.8 Å². The largest absolute Gasteiger partial charge is 0.266 e. The number of rotatable bonds is 8. The van der Waals surface area contributed by atoms with Crippen molar-refractivity contribution in [2.75, 3.05) is 0 Å². The summed E-state index contributed by atoms with van der Waals surface area (Å²) in [5, 5.41) is 0. The van der Waals surface area contributed by atoms with E-state index >= 15 is 0 Å². The SMILES string of the molecule is CCC=N/C(=C\CC)CC.CCCCCCC. The lowest BCUT2D eigenvalue weighted by Crippen LogP contribution is -1.76. The van der Waals surface area contributed by atoms with Crippen LogP contribution in [0, 0.1) is 0 Å². The standard InChI is InChI=1S/C9H17N.C7H16/c1-4-7-9(6-3)10-8-5-2;1-3-5-7-6-4-2/h7-8H,4-6H2,1-3H3;3-7H2,1-2H3/b9-7-,10-8?;. The molecule has 0 atom stereocenters. The molecule has 0 aromatic heterocycles. The number of allylic oxidation sites excluding steroid dienone is 2. The van der Waals surface area contributed by atoms with Crippen molar-refractivity contribution < 1.29 is 0 Å². The molecule has 0 aliphatic carbocycles. The first-order valence-electron chi connectivity index (χ1n) is 7.48. The molecule has 0 rings (SSSR count). The van der Waals surface area contributed by atoms with Crippen LogP contribution in [-0.2, 0) is 0 Å². The molecule has 0 fully saturated rings. The average molecular weight is 239 g/mol. The van der Waals surface area contributed by atoms with Gasteiger partial charge in [0, 0.05) is 11.9 Å². The van der Waals surface area contributed by atoms with Gasteiger partial charge in [-0.3, -0.25) is 4.99 Å². The van der Waals surface area contributed by atoms with Crippen LogP contribution in [0.3, 0.4) is 0 Å². The summed E-state index contributed by atoms with van der Waals surface area (Å²) in [7, 11) is 0. The molecule has 0 aromatic carbocycles. The molecule has 1 heteroatoms. The molecule has 0 aromatic rings. The molecule has 17 heavy (non-hydrogen) atoms. The van der Waals surface area contributed by atoms with Crippen molar-refractivity contribution in [2.45, 2.75) is 86.0 Å². The van der Waals surface area contributed by atoms with E-state index in [0.29, 0.717) is 0 Å². The van der Waals surface area contributed by atoms with E-state index in [1.807, 2.05) is 6.21 Å². The maximum absolute atomic E-state index is 4.29. The van der Waals surface area contributed by atoms with Crippen molar-refractivity contribution >= 4 is 6.21 Å². The molecule has 0 saturated heterocycles. The monoisotopic (exact) mass is 239 g/mol. The molecule has 0 N–H and O–H groups in total. The van der Waals surface area contributed by atoms with Crippen LogP contribution in [0.2, 0.25) is 0 Å². The molecule has 0 unspecified atom stereocenters. The normalized spacial score (nSPS) is 11.5. The second-order valence-corrected chi connectivity index (χ2v) is 4.24. The van der Waals surface area contributed by atoms with Gasteiger partial charge in [0.2, 0.25) is 0 Å². The van der Waals surface area contributed by atoms with Crippen LogP contribution in [0.1, 0.15) is 86.0 Å². The Balaban J connectivity index is 0. The molecule has 0 saturated carbocycles. The zero-order valence-electron chi connectivity index (χ0n) is 12.8. The summed E-state index contributed by atoms with van der Waals surface area (Å²) in [5.74, 6) is 0. The third kappa shape index (κ3) is 18.0. The fourth-order valence-corrected chi connectivity index (χ4v) is 1.41. The molecular formula is C16H33N. The van der Waals surface area contributed by atoms with Crippen molar-refractivity contribution in [2.24, 2.45) is 4.99 Å². The highest BCUT2D eigenvalue weighted by Gasteiger charge is 1.84. The van der Waals surface area contributed by atoms with Gasteiger partial charge >= 0.3 is 0 Å². The zero-order chi connectivity index (χ0) is 13.4. The lowest BCUT2D eigenvalue weighted by atomic mass is 10.2. The summed E-state index contributed by atoms with van der Waals surface area (Å²) < 4.78 is 0. The summed E-state index contributed by atoms with van der Waals surface area (Å²) in [5.41, 5.74) is 1.21. The van der Waals surface area contributed by atoms with Crippen molar-refractivity contribution in [1.29, 1.82) is 0 Å². The molecule has 0 bridgehead atoms. The molecule has 0 aliphatic rings. The molecule has 102 valence electrons. The number of nitrogens with zero attached hydrogens (tertiary/aromatic N) is 1. The average Bonchev–Trinajstić information content (AvgIpc) is 2.36. The van der Waals surface area contributed by atoms with Crippen LogP contribution in [0.4, 0.5) is 0 Å². The minimum absolute atomic E-state index is 1.03. The highest BCUT2D eigenvalue weighted by atomic mass is 14.7. The third-order valence-corrected chi connectivity index (χ3v) is 2.45. The molecule has 0 spiro atoms. The van der Waals surface area contributed by atoms with Crippen molar-refractivity contribution in [3.63, 3.8) is 0 Å². The Hall–Kier alpha value is -0.590. The quantitative estimate of drug-likeness (QED) is 0.356. The van der Waals surface area contributed by atoms with Gasteiger partial charge in [-0.25, -0.2) is 0 Å². The third-order valence-electron chi connectivity index (χ3n) is 2.45. The highest BCUT2D eigenvalue weighted by molar-refractivity contribution is 5.58. The summed E-state index contributed by atoms with van der Waals surface area (Å²) in [4.78, 5) is 4.29. The van der Waals surface area contributed by atoms with Crippen LogP contribution >= 0.6 is 0 Å². The van der Waals surface area contributed by atoms with E-state index in [-0.39, 0.29) is 0 Å². The van der Waals surface area contributed by atoms with Gasteiger partial charge in [0.25, 0.3) is 0 Å². The summed E-state index contributed by atoms with van der Waals surface area (Å²) in [6.45, 7) is 10.9. The minimum atomic E-state index is 1.03. The zero-order valence-corrected chi connectivity index (χ0v) is 12.8. The van der Waals surface area contributed by atoms with Gasteiger partial charge in [0.1, 0.15) is 0 Å². The fourth-order valence-electron chi connectivity index (χ4n) is 1.41. The van der Waals surface area contributed by atoms with Crippen LogP contribution in [0.15, 0.2) is 16.8 Å². The Labute approximate surface area is 109 Å². The van der Waals surface area contributed by atoms with E-state index in [9.17, 15) is 0 Å². The number of hydrogen-bond acceptors (Lipinski definition) is 1. The maximum atomic E-state index is 4.29. The fraction of sp³-hybridized carbons (Fsp3) is 0.812. The molecule has 0 amide bonds. The van der Waals surface area contributed by atoms with Crippen molar-refractivity contribution in [1.82, 2.24) is 0 Å². The van der Waals surface area contributed by atoms with Gasteiger partial charge in [-0.15, -0.1) is 0 Å². The molecular weight excluding hydrogens is 206 g/mol. The van der Waals surface area contributed by atoms with Crippen LogP contribution in [-0.4, -0.2) is 6.21 Å². The smallest absolute Gasteiger partial charge is 0.0357 e. The Morgan fingerprint density at radius 2 is 1.41 bits per heavy atom. The van der Waals surface area contributed by atoms with Crippen LogP contribution < -0.4 is 0 Å². The second-order valence-electron chi connectivity index (χ2n) is 4.24. The molecule has 0 aliphatic heterocycles. The summed E-state index contributed by atoms with van der Waals surface area (Å²) in [6.07, 6.45) is 14.3. The number of unbranched alkanes of at least 4 members (excludes halogenated alkanes) is 4. The summed E-state index contributed by atoms with van der Waals surface area (Å²) in [6, 6.07) is 0. The van der Waals surface area contributed by atoms with E-state index < -0.39 is 0 Å². The van der Waals surface area contributed by atoms with Crippen LogP contribution in [0.5, 0.6) is 0 Å². The minimum Gasteiger partial charge on any atom is -0.266 e. The van der Waals surface area contributed by atoms with E-state index in [1.165, 1.54) is 37.8 Å².